The lowest BCUT2D eigenvalue weighted by molar-refractivity contribution is 0.0697. The molecule has 0 spiro atoms. The third-order valence-electron chi connectivity index (χ3n) is 3.15. The summed E-state index contributed by atoms with van der Waals surface area (Å²) in [5.74, 6) is 0.859. The van der Waals surface area contributed by atoms with Crippen molar-refractivity contribution in [1.82, 2.24) is 4.72 Å². The molecule has 0 aromatic heterocycles. The van der Waals surface area contributed by atoms with Crippen molar-refractivity contribution in [2.45, 2.75) is 11.3 Å². The number of hydrogen-bond donors (Lipinski definition) is 2. The molecule has 1 fully saturated rings. The first-order valence-electron chi connectivity index (χ1n) is 6.11. The number of thioether (sulfide) groups is 1. The van der Waals surface area contributed by atoms with Crippen LogP contribution in [0.5, 0.6) is 0 Å². The number of carbonyl (C=O) groups is 1. The first kappa shape index (κ1) is 16.9. The maximum Gasteiger partial charge on any atom is 0.338 e. The summed E-state index contributed by atoms with van der Waals surface area (Å²) in [4.78, 5) is 10.8. The Morgan fingerprint density at radius 3 is 2.71 bits per heavy atom. The molecule has 0 amide bonds. The second kappa shape index (κ2) is 6.75. The summed E-state index contributed by atoms with van der Waals surface area (Å²) in [6.07, 6.45) is 0.960. The topological polar surface area (TPSA) is 83.5 Å². The van der Waals surface area contributed by atoms with Gasteiger partial charge >= 0.3 is 5.97 Å². The fraction of sp³-hybridized carbons (Fsp3) is 0.417. The quantitative estimate of drug-likeness (QED) is 0.833. The van der Waals surface area contributed by atoms with Crippen LogP contribution in [0.2, 0.25) is 10.0 Å². The van der Waals surface area contributed by atoms with E-state index in [2.05, 4.69) is 4.72 Å². The van der Waals surface area contributed by atoms with Crippen molar-refractivity contribution in [3.63, 3.8) is 0 Å². The van der Waals surface area contributed by atoms with Crippen molar-refractivity contribution >= 4 is 51.0 Å². The molecule has 116 valence electrons. The molecule has 5 nitrogen and oxygen atoms in total. The molecule has 9 heteroatoms. The second-order valence-electron chi connectivity index (χ2n) is 4.62. The predicted octanol–water partition coefficient (Wildman–Crippen LogP) is 2.72. The number of hydrogen-bond acceptors (Lipinski definition) is 4. The molecule has 1 aromatic carbocycles. The van der Waals surface area contributed by atoms with E-state index in [1.165, 1.54) is 12.1 Å². The SMILES string of the molecule is O=C(O)c1c(Cl)ccc(S(=O)(=O)NCC2CCSC2)c1Cl. The summed E-state index contributed by atoms with van der Waals surface area (Å²) in [7, 11) is -3.86. The molecule has 0 bridgehead atoms. The van der Waals surface area contributed by atoms with Crippen molar-refractivity contribution in [2.75, 3.05) is 18.1 Å². The van der Waals surface area contributed by atoms with Gasteiger partial charge in [-0.15, -0.1) is 0 Å². The van der Waals surface area contributed by atoms with Gasteiger partial charge in [0.05, 0.1) is 15.6 Å². The number of carboxylic acids is 1. The smallest absolute Gasteiger partial charge is 0.338 e. The van der Waals surface area contributed by atoms with Crippen molar-refractivity contribution in [3.8, 4) is 0 Å². The molecule has 1 aromatic rings. The fourth-order valence-corrected chi connectivity index (χ4v) is 5.30. The van der Waals surface area contributed by atoms with Crippen LogP contribution in [-0.4, -0.2) is 37.5 Å². The van der Waals surface area contributed by atoms with Gasteiger partial charge in [0.25, 0.3) is 0 Å². The molecule has 1 atom stereocenters. The van der Waals surface area contributed by atoms with Crippen LogP contribution < -0.4 is 4.72 Å². The number of rotatable bonds is 5. The van der Waals surface area contributed by atoms with Crippen molar-refractivity contribution in [1.29, 1.82) is 0 Å². The molecule has 1 saturated heterocycles. The average Bonchev–Trinajstić information content (AvgIpc) is 2.88. The number of sulfonamides is 1. The normalized spacial score (nSPS) is 18.9. The Morgan fingerprint density at radius 1 is 1.43 bits per heavy atom. The van der Waals surface area contributed by atoms with E-state index >= 15 is 0 Å². The molecular formula is C12H13Cl2NO4S2. The van der Waals surface area contributed by atoms with Crippen LogP contribution in [0, 0.1) is 5.92 Å². The van der Waals surface area contributed by atoms with Gasteiger partial charge in [-0.05, 0) is 36.0 Å². The van der Waals surface area contributed by atoms with Crippen LogP contribution in [0.4, 0.5) is 0 Å². The third-order valence-corrected chi connectivity index (χ3v) is 6.66. The van der Waals surface area contributed by atoms with Crippen molar-refractivity contribution < 1.29 is 18.3 Å². The Balaban J connectivity index is 2.27. The van der Waals surface area contributed by atoms with Crippen LogP contribution in [0.1, 0.15) is 16.8 Å². The van der Waals surface area contributed by atoms with E-state index in [0.717, 1.165) is 17.9 Å². The largest absolute Gasteiger partial charge is 0.478 e. The lowest BCUT2D eigenvalue weighted by Crippen LogP contribution is -2.29. The molecule has 21 heavy (non-hydrogen) atoms. The number of halogens is 2. The zero-order valence-corrected chi connectivity index (χ0v) is 13.9. The molecule has 0 radical (unpaired) electrons. The number of carboxylic acid groups (broad SMARTS) is 1. The average molecular weight is 370 g/mol. The molecule has 1 aliphatic rings. The summed E-state index contributed by atoms with van der Waals surface area (Å²) in [6.45, 7) is 0.316. The van der Waals surface area contributed by atoms with Gasteiger partial charge in [-0.2, -0.15) is 11.8 Å². The van der Waals surface area contributed by atoms with Gasteiger partial charge in [0, 0.05) is 6.54 Å². The summed E-state index contributed by atoms with van der Waals surface area (Å²) in [6, 6.07) is 2.43. The minimum Gasteiger partial charge on any atom is -0.478 e. The molecule has 1 heterocycles. The zero-order chi connectivity index (χ0) is 15.6. The lowest BCUT2D eigenvalue weighted by atomic mass is 10.1. The highest BCUT2D eigenvalue weighted by Crippen LogP contribution is 2.31. The molecule has 2 N–H and O–H groups in total. The summed E-state index contributed by atoms with van der Waals surface area (Å²) < 4.78 is 27.0. The number of benzene rings is 1. The van der Waals surface area contributed by atoms with Crippen molar-refractivity contribution in [2.24, 2.45) is 5.92 Å². The summed E-state index contributed by atoms with van der Waals surface area (Å²) in [5.41, 5.74) is -0.405. The first-order chi connectivity index (χ1) is 9.83. The van der Waals surface area contributed by atoms with Crippen LogP contribution in [-0.2, 0) is 10.0 Å². The maximum atomic E-state index is 12.3. The molecular weight excluding hydrogens is 357 g/mol. The van der Waals surface area contributed by atoms with Gasteiger partial charge in [0.15, 0.2) is 0 Å². The van der Waals surface area contributed by atoms with Gasteiger partial charge in [0.2, 0.25) is 10.0 Å². The van der Waals surface area contributed by atoms with Gasteiger partial charge in [-0.1, -0.05) is 23.2 Å². The fourth-order valence-electron chi connectivity index (χ4n) is 1.99. The summed E-state index contributed by atoms with van der Waals surface area (Å²) >= 11 is 13.4. The second-order valence-corrected chi connectivity index (χ2v) is 8.29. The van der Waals surface area contributed by atoms with Gasteiger partial charge in [0.1, 0.15) is 4.90 Å². The van der Waals surface area contributed by atoms with E-state index in [-0.39, 0.29) is 20.9 Å². The van der Waals surface area contributed by atoms with E-state index in [4.69, 9.17) is 28.3 Å². The summed E-state index contributed by atoms with van der Waals surface area (Å²) in [5, 5.41) is 8.58. The number of aromatic carboxylic acids is 1. The van der Waals surface area contributed by atoms with E-state index in [1.807, 2.05) is 0 Å². The van der Waals surface area contributed by atoms with Crippen LogP contribution in [0.15, 0.2) is 17.0 Å². The first-order valence-corrected chi connectivity index (χ1v) is 9.51. The highest BCUT2D eigenvalue weighted by atomic mass is 35.5. The van der Waals surface area contributed by atoms with Crippen molar-refractivity contribution in [3.05, 3.63) is 27.7 Å². The van der Waals surface area contributed by atoms with E-state index in [0.29, 0.717) is 6.54 Å². The minimum absolute atomic E-state index is 0.0985. The maximum absolute atomic E-state index is 12.3. The predicted molar refractivity (Wildman–Crippen MR) is 84.0 cm³/mol. The van der Waals surface area contributed by atoms with Crippen LogP contribution >= 0.6 is 35.0 Å². The van der Waals surface area contributed by atoms with E-state index in [1.54, 1.807) is 11.8 Å². The van der Waals surface area contributed by atoms with Gasteiger partial charge < -0.3 is 5.11 Å². The third kappa shape index (κ3) is 3.84. The highest BCUT2D eigenvalue weighted by Gasteiger charge is 2.26. The molecule has 0 saturated carbocycles. The molecule has 1 unspecified atom stereocenters. The minimum atomic E-state index is -3.86. The molecule has 1 aliphatic heterocycles. The monoisotopic (exact) mass is 369 g/mol. The standard InChI is InChI=1S/C12H13Cl2NO4S2/c13-8-1-2-9(11(14)10(8)12(16)17)21(18,19)15-5-7-3-4-20-6-7/h1-2,7,15H,3-6H2,(H,16,17). The lowest BCUT2D eigenvalue weighted by Gasteiger charge is -2.13. The molecule has 2 rings (SSSR count). The Hall–Kier alpha value is -0.470. The van der Waals surface area contributed by atoms with E-state index in [9.17, 15) is 13.2 Å². The van der Waals surface area contributed by atoms with Crippen LogP contribution in [0.25, 0.3) is 0 Å². The Morgan fingerprint density at radius 2 is 2.14 bits per heavy atom. The Bertz CT molecular complexity index is 657. The highest BCUT2D eigenvalue weighted by molar-refractivity contribution is 7.99. The van der Waals surface area contributed by atoms with Gasteiger partial charge in [-0.3, -0.25) is 0 Å². The Labute approximate surface area is 137 Å². The number of nitrogens with one attached hydrogen (secondary N) is 1. The Kier molecular flexibility index (Phi) is 5.43. The van der Waals surface area contributed by atoms with Gasteiger partial charge in [-0.25, -0.2) is 17.9 Å². The molecule has 0 aliphatic carbocycles. The zero-order valence-electron chi connectivity index (χ0n) is 10.8. The van der Waals surface area contributed by atoms with Crippen LogP contribution in [0.3, 0.4) is 0 Å². The van der Waals surface area contributed by atoms with E-state index < -0.39 is 21.6 Å².